The third-order valence-corrected chi connectivity index (χ3v) is 3.48. The lowest BCUT2D eigenvalue weighted by molar-refractivity contribution is 0.953. The van der Waals surface area contributed by atoms with E-state index in [2.05, 4.69) is 48.4 Å². The number of anilines is 1. The SMILES string of the molecule is CCCNc1nc(C)c(C)nc1-c1ccc(CC)cc1. The van der Waals surface area contributed by atoms with Crippen molar-refractivity contribution >= 4 is 5.82 Å². The van der Waals surface area contributed by atoms with Crippen LogP contribution in [0.4, 0.5) is 5.82 Å². The van der Waals surface area contributed by atoms with Crippen molar-refractivity contribution in [2.24, 2.45) is 0 Å². The van der Waals surface area contributed by atoms with Gasteiger partial charge in [0.05, 0.1) is 11.4 Å². The Hall–Kier alpha value is -1.90. The Morgan fingerprint density at radius 2 is 1.60 bits per heavy atom. The average molecular weight is 269 g/mol. The van der Waals surface area contributed by atoms with Gasteiger partial charge >= 0.3 is 0 Å². The fraction of sp³-hybridized carbons (Fsp3) is 0.412. The molecule has 0 unspecified atom stereocenters. The molecular weight excluding hydrogens is 246 g/mol. The van der Waals surface area contributed by atoms with E-state index in [0.29, 0.717) is 0 Å². The van der Waals surface area contributed by atoms with E-state index in [9.17, 15) is 0 Å². The van der Waals surface area contributed by atoms with Gasteiger partial charge in [0.2, 0.25) is 0 Å². The third-order valence-electron chi connectivity index (χ3n) is 3.48. The molecule has 1 heterocycles. The molecule has 0 fully saturated rings. The molecule has 0 radical (unpaired) electrons. The van der Waals surface area contributed by atoms with Crippen LogP contribution in [0.3, 0.4) is 0 Å². The fourth-order valence-electron chi connectivity index (χ4n) is 2.07. The Balaban J connectivity index is 2.43. The van der Waals surface area contributed by atoms with Crippen molar-refractivity contribution < 1.29 is 0 Å². The molecule has 0 saturated heterocycles. The first-order valence-corrected chi connectivity index (χ1v) is 7.34. The maximum Gasteiger partial charge on any atom is 0.152 e. The fourth-order valence-corrected chi connectivity index (χ4v) is 2.07. The second-order valence-corrected chi connectivity index (χ2v) is 5.07. The van der Waals surface area contributed by atoms with Crippen LogP contribution in [0.5, 0.6) is 0 Å². The number of rotatable bonds is 5. The van der Waals surface area contributed by atoms with Gasteiger partial charge < -0.3 is 5.32 Å². The summed E-state index contributed by atoms with van der Waals surface area (Å²) >= 11 is 0. The highest BCUT2D eigenvalue weighted by Crippen LogP contribution is 2.26. The minimum Gasteiger partial charge on any atom is -0.368 e. The summed E-state index contributed by atoms with van der Waals surface area (Å²) in [6, 6.07) is 8.59. The molecule has 0 saturated carbocycles. The van der Waals surface area contributed by atoms with Crippen LogP contribution < -0.4 is 5.32 Å². The van der Waals surface area contributed by atoms with Gasteiger partial charge in [0, 0.05) is 12.1 Å². The Morgan fingerprint density at radius 1 is 0.950 bits per heavy atom. The van der Waals surface area contributed by atoms with Gasteiger partial charge in [0.15, 0.2) is 5.82 Å². The highest BCUT2D eigenvalue weighted by Gasteiger charge is 2.10. The quantitative estimate of drug-likeness (QED) is 0.886. The van der Waals surface area contributed by atoms with E-state index >= 15 is 0 Å². The Bertz CT molecular complexity index is 574. The zero-order valence-corrected chi connectivity index (χ0v) is 12.8. The molecule has 2 rings (SSSR count). The predicted octanol–water partition coefficient (Wildman–Crippen LogP) is 4.14. The first kappa shape index (κ1) is 14.5. The topological polar surface area (TPSA) is 37.8 Å². The van der Waals surface area contributed by atoms with E-state index in [1.807, 2.05) is 13.8 Å². The zero-order valence-electron chi connectivity index (χ0n) is 12.8. The third kappa shape index (κ3) is 3.16. The molecule has 3 nitrogen and oxygen atoms in total. The van der Waals surface area contributed by atoms with Crippen LogP contribution in [0.2, 0.25) is 0 Å². The number of hydrogen-bond donors (Lipinski definition) is 1. The molecule has 3 heteroatoms. The van der Waals surface area contributed by atoms with Crippen molar-refractivity contribution in [2.75, 3.05) is 11.9 Å². The van der Waals surface area contributed by atoms with Crippen molar-refractivity contribution in [3.8, 4) is 11.3 Å². The summed E-state index contributed by atoms with van der Waals surface area (Å²) in [7, 11) is 0. The molecule has 2 aromatic rings. The second kappa shape index (κ2) is 6.51. The molecule has 0 amide bonds. The van der Waals surface area contributed by atoms with E-state index in [1.165, 1.54) is 5.56 Å². The second-order valence-electron chi connectivity index (χ2n) is 5.07. The van der Waals surface area contributed by atoms with Crippen molar-refractivity contribution in [1.82, 2.24) is 9.97 Å². The molecule has 1 N–H and O–H groups in total. The maximum atomic E-state index is 4.73. The van der Waals surface area contributed by atoms with Crippen molar-refractivity contribution in [3.63, 3.8) is 0 Å². The Morgan fingerprint density at radius 3 is 2.20 bits per heavy atom. The summed E-state index contributed by atoms with van der Waals surface area (Å²) in [5.74, 6) is 0.888. The molecule has 0 spiro atoms. The largest absolute Gasteiger partial charge is 0.368 e. The summed E-state index contributed by atoms with van der Waals surface area (Å²) in [5.41, 5.74) is 5.38. The van der Waals surface area contributed by atoms with Gasteiger partial charge in [0.25, 0.3) is 0 Å². The molecule has 0 atom stereocenters. The Labute approximate surface area is 121 Å². The smallest absolute Gasteiger partial charge is 0.152 e. The van der Waals surface area contributed by atoms with Crippen LogP contribution in [-0.4, -0.2) is 16.5 Å². The average Bonchev–Trinajstić information content (AvgIpc) is 2.48. The number of benzene rings is 1. The number of nitrogens with one attached hydrogen (secondary N) is 1. The molecule has 1 aromatic carbocycles. The first-order valence-electron chi connectivity index (χ1n) is 7.34. The first-order chi connectivity index (χ1) is 9.65. The summed E-state index contributed by atoms with van der Waals surface area (Å²) in [6.07, 6.45) is 2.13. The van der Waals surface area contributed by atoms with E-state index in [-0.39, 0.29) is 0 Å². The van der Waals surface area contributed by atoms with Crippen molar-refractivity contribution in [3.05, 3.63) is 41.2 Å². The number of aryl methyl sites for hydroxylation is 3. The monoisotopic (exact) mass is 269 g/mol. The molecular formula is C17H23N3. The molecule has 0 aliphatic heterocycles. The highest BCUT2D eigenvalue weighted by atomic mass is 15.0. The van der Waals surface area contributed by atoms with Crippen LogP contribution in [0.25, 0.3) is 11.3 Å². The van der Waals surface area contributed by atoms with E-state index in [1.54, 1.807) is 0 Å². The number of aromatic nitrogens is 2. The lowest BCUT2D eigenvalue weighted by Gasteiger charge is -2.13. The van der Waals surface area contributed by atoms with E-state index in [0.717, 1.165) is 47.8 Å². The van der Waals surface area contributed by atoms with E-state index in [4.69, 9.17) is 4.98 Å². The molecule has 0 bridgehead atoms. The minimum absolute atomic E-state index is 0.888. The van der Waals surface area contributed by atoms with Crippen molar-refractivity contribution in [1.29, 1.82) is 0 Å². The van der Waals surface area contributed by atoms with Crippen LogP contribution >= 0.6 is 0 Å². The lowest BCUT2D eigenvalue weighted by atomic mass is 10.1. The lowest BCUT2D eigenvalue weighted by Crippen LogP contribution is -2.07. The van der Waals surface area contributed by atoms with Gasteiger partial charge in [-0.2, -0.15) is 0 Å². The molecule has 1 aromatic heterocycles. The van der Waals surface area contributed by atoms with Crippen LogP contribution in [0.1, 0.15) is 37.2 Å². The van der Waals surface area contributed by atoms with Gasteiger partial charge in [-0.3, -0.25) is 0 Å². The summed E-state index contributed by atoms with van der Waals surface area (Å²) in [4.78, 5) is 9.38. The van der Waals surface area contributed by atoms with Crippen LogP contribution in [0.15, 0.2) is 24.3 Å². The van der Waals surface area contributed by atoms with Gasteiger partial charge in [-0.1, -0.05) is 38.1 Å². The van der Waals surface area contributed by atoms with Gasteiger partial charge in [-0.25, -0.2) is 9.97 Å². The standard InChI is InChI=1S/C17H23N3/c1-5-11-18-17-16(19-12(3)13(4)20-17)15-9-7-14(6-2)8-10-15/h7-10H,5-6,11H2,1-4H3,(H,18,20). The minimum atomic E-state index is 0.888. The summed E-state index contributed by atoms with van der Waals surface area (Å²) in [6.45, 7) is 9.24. The van der Waals surface area contributed by atoms with Gasteiger partial charge in [-0.15, -0.1) is 0 Å². The molecule has 0 aliphatic carbocycles. The van der Waals surface area contributed by atoms with Gasteiger partial charge in [-0.05, 0) is 32.3 Å². The highest BCUT2D eigenvalue weighted by molar-refractivity contribution is 5.71. The molecule has 106 valence electrons. The maximum absolute atomic E-state index is 4.73. The zero-order chi connectivity index (χ0) is 14.5. The van der Waals surface area contributed by atoms with Crippen LogP contribution in [0, 0.1) is 13.8 Å². The molecule has 0 aliphatic rings. The van der Waals surface area contributed by atoms with Crippen LogP contribution in [-0.2, 0) is 6.42 Å². The summed E-state index contributed by atoms with van der Waals surface area (Å²) in [5, 5.41) is 3.38. The van der Waals surface area contributed by atoms with Gasteiger partial charge in [0.1, 0.15) is 5.69 Å². The molecule has 20 heavy (non-hydrogen) atoms. The number of hydrogen-bond acceptors (Lipinski definition) is 3. The Kier molecular flexibility index (Phi) is 4.72. The predicted molar refractivity (Wildman–Crippen MR) is 85.1 cm³/mol. The normalized spacial score (nSPS) is 10.6. The summed E-state index contributed by atoms with van der Waals surface area (Å²) < 4.78 is 0. The van der Waals surface area contributed by atoms with E-state index < -0.39 is 0 Å². The van der Waals surface area contributed by atoms with Crippen molar-refractivity contribution in [2.45, 2.75) is 40.5 Å². The number of nitrogens with zero attached hydrogens (tertiary/aromatic N) is 2.